The Morgan fingerprint density at radius 3 is 2.33 bits per heavy atom. The van der Waals surface area contributed by atoms with Gasteiger partial charge in [0.1, 0.15) is 0 Å². The summed E-state index contributed by atoms with van der Waals surface area (Å²) in [6, 6.07) is 6.51. The van der Waals surface area contributed by atoms with Crippen molar-refractivity contribution < 1.29 is 9.53 Å². The van der Waals surface area contributed by atoms with Crippen LogP contribution in [-0.4, -0.2) is 5.97 Å². The summed E-state index contributed by atoms with van der Waals surface area (Å²) < 4.78 is 4.79. The zero-order valence-electron chi connectivity index (χ0n) is 9.11. The second-order valence-electron chi connectivity index (χ2n) is 3.64. The summed E-state index contributed by atoms with van der Waals surface area (Å²) in [5, 5.41) is 0. The molecule has 0 saturated carbocycles. The summed E-state index contributed by atoms with van der Waals surface area (Å²) in [6.07, 6.45) is 0. The number of esters is 1. The monoisotopic (exact) mass is 206 g/mol. The SMILES string of the molecule is CC(=O)Oc1ccc(C(C)C)ccc1=O. The number of carbonyl (C=O) groups excluding carboxylic acids is 1. The van der Waals surface area contributed by atoms with E-state index in [-0.39, 0.29) is 11.2 Å². The predicted octanol–water partition coefficient (Wildman–Crippen LogP) is 2.10. The van der Waals surface area contributed by atoms with Crippen molar-refractivity contribution in [1.82, 2.24) is 0 Å². The highest BCUT2D eigenvalue weighted by Crippen LogP contribution is 2.13. The molecule has 0 aliphatic heterocycles. The van der Waals surface area contributed by atoms with Crippen LogP contribution in [0.5, 0.6) is 5.75 Å². The topological polar surface area (TPSA) is 43.4 Å². The lowest BCUT2D eigenvalue weighted by Gasteiger charge is -1.99. The molecule has 3 nitrogen and oxygen atoms in total. The molecule has 80 valence electrons. The second-order valence-corrected chi connectivity index (χ2v) is 3.64. The van der Waals surface area contributed by atoms with Gasteiger partial charge in [0.2, 0.25) is 5.43 Å². The molecule has 1 rings (SSSR count). The van der Waals surface area contributed by atoms with E-state index in [2.05, 4.69) is 0 Å². The zero-order valence-corrected chi connectivity index (χ0v) is 9.11. The zero-order chi connectivity index (χ0) is 11.4. The molecule has 15 heavy (non-hydrogen) atoms. The normalized spacial score (nSPS) is 10.1. The van der Waals surface area contributed by atoms with Crippen molar-refractivity contribution in [3.63, 3.8) is 0 Å². The van der Waals surface area contributed by atoms with Gasteiger partial charge < -0.3 is 4.74 Å². The van der Waals surface area contributed by atoms with Crippen molar-refractivity contribution in [3.8, 4) is 5.75 Å². The number of ether oxygens (including phenoxy) is 1. The van der Waals surface area contributed by atoms with Crippen LogP contribution in [0.25, 0.3) is 0 Å². The third kappa shape index (κ3) is 3.20. The van der Waals surface area contributed by atoms with Gasteiger partial charge in [0, 0.05) is 6.92 Å². The van der Waals surface area contributed by atoms with Gasteiger partial charge in [0.15, 0.2) is 5.75 Å². The Kier molecular flexibility index (Phi) is 3.61. The number of carbonyl (C=O) groups is 1. The number of hydrogen-bond acceptors (Lipinski definition) is 3. The first kappa shape index (κ1) is 11.4. The minimum absolute atomic E-state index is 0.0781. The summed E-state index contributed by atoms with van der Waals surface area (Å²) in [5.41, 5.74) is 0.752. The van der Waals surface area contributed by atoms with E-state index in [4.69, 9.17) is 4.74 Å². The van der Waals surface area contributed by atoms with Gasteiger partial charge in [0.25, 0.3) is 0 Å². The van der Waals surface area contributed by atoms with Crippen LogP contribution >= 0.6 is 0 Å². The Labute approximate surface area is 88.7 Å². The van der Waals surface area contributed by atoms with Gasteiger partial charge >= 0.3 is 5.97 Å². The average molecular weight is 206 g/mol. The van der Waals surface area contributed by atoms with Gasteiger partial charge in [-0.3, -0.25) is 9.59 Å². The molecule has 0 atom stereocenters. The third-order valence-electron chi connectivity index (χ3n) is 2.02. The Hall–Kier alpha value is -1.64. The lowest BCUT2D eigenvalue weighted by Crippen LogP contribution is -2.08. The van der Waals surface area contributed by atoms with Crippen LogP contribution in [0.15, 0.2) is 29.1 Å². The smallest absolute Gasteiger partial charge is 0.308 e. The Balaban J connectivity index is 3.16. The maximum atomic E-state index is 11.5. The van der Waals surface area contributed by atoms with Gasteiger partial charge in [-0.15, -0.1) is 0 Å². The Morgan fingerprint density at radius 2 is 1.80 bits per heavy atom. The molecular weight excluding hydrogens is 192 g/mol. The van der Waals surface area contributed by atoms with Crippen molar-refractivity contribution >= 4 is 5.97 Å². The van der Waals surface area contributed by atoms with E-state index in [0.29, 0.717) is 5.92 Å². The predicted molar refractivity (Wildman–Crippen MR) is 58.1 cm³/mol. The molecule has 0 bridgehead atoms. The molecule has 0 N–H and O–H groups in total. The van der Waals surface area contributed by atoms with Crippen molar-refractivity contribution in [2.75, 3.05) is 0 Å². The first-order valence-corrected chi connectivity index (χ1v) is 4.83. The average Bonchev–Trinajstić information content (AvgIpc) is 2.29. The molecule has 0 radical (unpaired) electrons. The van der Waals surface area contributed by atoms with Gasteiger partial charge in [-0.2, -0.15) is 0 Å². The molecule has 0 heterocycles. The quantitative estimate of drug-likeness (QED) is 0.696. The van der Waals surface area contributed by atoms with Crippen molar-refractivity contribution in [2.45, 2.75) is 26.7 Å². The van der Waals surface area contributed by atoms with Crippen LogP contribution in [-0.2, 0) is 4.79 Å². The van der Waals surface area contributed by atoms with E-state index in [1.54, 1.807) is 18.2 Å². The van der Waals surface area contributed by atoms with Crippen molar-refractivity contribution in [3.05, 3.63) is 40.1 Å². The van der Waals surface area contributed by atoms with E-state index in [1.165, 1.54) is 13.0 Å². The summed E-state index contributed by atoms with van der Waals surface area (Å²) >= 11 is 0. The molecule has 1 aromatic rings. The highest BCUT2D eigenvalue weighted by atomic mass is 16.5. The lowest BCUT2D eigenvalue weighted by atomic mass is 10.1. The first-order chi connectivity index (χ1) is 7.00. The van der Waals surface area contributed by atoms with Gasteiger partial charge in [0.05, 0.1) is 0 Å². The molecule has 0 fully saturated rings. The Morgan fingerprint density at radius 1 is 1.20 bits per heavy atom. The van der Waals surface area contributed by atoms with Crippen molar-refractivity contribution in [1.29, 1.82) is 0 Å². The molecule has 0 saturated heterocycles. The number of hydrogen-bond donors (Lipinski definition) is 0. The van der Waals surface area contributed by atoms with Crippen LogP contribution in [0.4, 0.5) is 0 Å². The van der Waals surface area contributed by atoms with Crippen LogP contribution in [0.1, 0.15) is 32.3 Å². The minimum atomic E-state index is -0.482. The molecule has 1 aromatic carbocycles. The summed E-state index contributed by atoms with van der Waals surface area (Å²) in [7, 11) is 0. The molecule has 3 heteroatoms. The van der Waals surface area contributed by atoms with Crippen molar-refractivity contribution in [2.24, 2.45) is 0 Å². The summed E-state index contributed by atoms with van der Waals surface area (Å²) in [6.45, 7) is 5.34. The third-order valence-corrected chi connectivity index (χ3v) is 2.02. The van der Waals surface area contributed by atoms with Crippen LogP contribution in [0.3, 0.4) is 0 Å². The summed E-state index contributed by atoms with van der Waals surface area (Å²) in [5.74, 6) is -0.0687. The maximum Gasteiger partial charge on any atom is 0.308 e. The van der Waals surface area contributed by atoms with E-state index in [0.717, 1.165) is 5.56 Å². The van der Waals surface area contributed by atoms with Gasteiger partial charge in [-0.05, 0) is 23.6 Å². The van der Waals surface area contributed by atoms with E-state index < -0.39 is 5.97 Å². The fraction of sp³-hybridized carbons (Fsp3) is 0.333. The first-order valence-electron chi connectivity index (χ1n) is 4.83. The molecule has 0 aliphatic rings. The second kappa shape index (κ2) is 4.73. The lowest BCUT2D eigenvalue weighted by molar-refractivity contribution is -0.131. The molecule has 0 spiro atoms. The fourth-order valence-electron chi connectivity index (χ4n) is 1.19. The van der Waals surface area contributed by atoms with Crippen LogP contribution in [0.2, 0.25) is 0 Å². The fourth-order valence-corrected chi connectivity index (χ4v) is 1.19. The van der Waals surface area contributed by atoms with E-state index >= 15 is 0 Å². The Bertz CT molecular complexity index is 422. The molecule has 0 aromatic heterocycles. The minimum Gasteiger partial charge on any atom is -0.423 e. The molecule has 0 aliphatic carbocycles. The molecule has 0 amide bonds. The molecule has 0 unspecified atom stereocenters. The highest BCUT2D eigenvalue weighted by Gasteiger charge is 2.03. The largest absolute Gasteiger partial charge is 0.423 e. The van der Waals surface area contributed by atoms with Crippen LogP contribution < -0.4 is 10.2 Å². The van der Waals surface area contributed by atoms with Gasteiger partial charge in [-0.25, -0.2) is 0 Å². The maximum absolute atomic E-state index is 11.5. The highest BCUT2D eigenvalue weighted by molar-refractivity contribution is 5.69. The molecular formula is C12H14O3. The van der Waals surface area contributed by atoms with Crippen LogP contribution in [0, 0.1) is 0 Å². The standard InChI is InChI=1S/C12H14O3/c1-8(2)10-4-6-11(14)12(7-5-10)15-9(3)13/h4-8H,1-3H3. The van der Waals surface area contributed by atoms with E-state index in [1.807, 2.05) is 13.8 Å². The van der Waals surface area contributed by atoms with E-state index in [9.17, 15) is 9.59 Å². The number of rotatable bonds is 2. The van der Waals surface area contributed by atoms with Gasteiger partial charge in [-0.1, -0.05) is 26.0 Å². The summed E-state index contributed by atoms with van der Waals surface area (Å²) in [4.78, 5) is 22.2.